The van der Waals surface area contributed by atoms with Crippen molar-refractivity contribution in [2.24, 2.45) is 0 Å². The minimum atomic E-state index is 0.455. The molecule has 0 saturated carbocycles. The maximum absolute atomic E-state index is 5.74. The van der Waals surface area contributed by atoms with E-state index in [4.69, 9.17) is 22.1 Å². The second-order valence-electron chi connectivity index (χ2n) is 3.42. The van der Waals surface area contributed by atoms with Gasteiger partial charge < -0.3 is 15.4 Å². The number of hydrogen-bond donors (Lipinski definition) is 1. The number of rotatable bonds is 6. The molecule has 0 amide bonds. The summed E-state index contributed by atoms with van der Waals surface area (Å²) in [5.74, 6) is 0.455. The highest BCUT2D eigenvalue weighted by atomic mass is 35.5. The average Bonchev–Trinajstić information content (AvgIpc) is 2.27. The van der Waals surface area contributed by atoms with Gasteiger partial charge >= 0.3 is 0 Å². The van der Waals surface area contributed by atoms with Crippen molar-refractivity contribution in [3.63, 3.8) is 0 Å². The summed E-state index contributed by atoms with van der Waals surface area (Å²) in [5, 5.41) is 0.522. The predicted molar refractivity (Wildman–Crippen MR) is 66.9 cm³/mol. The predicted octanol–water partition coefficient (Wildman–Crippen LogP) is 2.04. The van der Waals surface area contributed by atoms with Crippen molar-refractivity contribution in [2.75, 3.05) is 32.0 Å². The van der Waals surface area contributed by atoms with Crippen LogP contribution in [0.3, 0.4) is 0 Å². The van der Waals surface area contributed by atoms with E-state index in [1.807, 2.05) is 0 Å². The van der Waals surface area contributed by atoms with Gasteiger partial charge in [-0.15, -0.1) is 0 Å². The molecule has 0 saturated heterocycles. The Balaban J connectivity index is 2.42. The number of nitrogens with zero attached hydrogens (tertiary/aromatic N) is 2. The number of pyridine rings is 1. The molecular weight excluding hydrogens is 226 g/mol. The van der Waals surface area contributed by atoms with Crippen LogP contribution in [-0.2, 0) is 0 Å². The van der Waals surface area contributed by atoms with E-state index in [2.05, 4.69) is 23.7 Å². The summed E-state index contributed by atoms with van der Waals surface area (Å²) in [6.07, 6.45) is 1.53. The van der Waals surface area contributed by atoms with Crippen LogP contribution in [0.5, 0.6) is 5.88 Å². The number of anilines is 1. The van der Waals surface area contributed by atoms with Crippen LogP contribution in [0.15, 0.2) is 12.3 Å². The molecule has 90 valence electrons. The van der Waals surface area contributed by atoms with Crippen molar-refractivity contribution in [1.29, 1.82) is 0 Å². The molecule has 0 radical (unpaired) electrons. The molecule has 2 N–H and O–H groups in total. The fraction of sp³-hybridized carbons (Fsp3) is 0.545. The largest absolute Gasteiger partial charge is 0.475 e. The summed E-state index contributed by atoms with van der Waals surface area (Å²) in [4.78, 5) is 6.30. The van der Waals surface area contributed by atoms with Gasteiger partial charge in [0.15, 0.2) is 0 Å². The Morgan fingerprint density at radius 3 is 2.69 bits per heavy atom. The van der Waals surface area contributed by atoms with Gasteiger partial charge in [-0.3, -0.25) is 0 Å². The number of nitrogens with two attached hydrogens (primary N) is 1. The van der Waals surface area contributed by atoms with Crippen molar-refractivity contribution in [2.45, 2.75) is 13.8 Å². The van der Waals surface area contributed by atoms with Gasteiger partial charge in [-0.05, 0) is 19.2 Å². The lowest BCUT2D eigenvalue weighted by Gasteiger charge is -2.18. The van der Waals surface area contributed by atoms with Gasteiger partial charge in [0.1, 0.15) is 6.61 Å². The van der Waals surface area contributed by atoms with Gasteiger partial charge in [0.2, 0.25) is 5.88 Å². The van der Waals surface area contributed by atoms with E-state index in [1.54, 1.807) is 6.07 Å². The molecule has 0 aromatic carbocycles. The Hall–Kier alpha value is -1.00. The number of halogens is 1. The van der Waals surface area contributed by atoms with Crippen LogP contribution < -0.4 is 10.5 Å². The lowest BCUT2D eigenvalue weighted by molar-refractivity contribution is 0.219. The van der Waals surface area contributed by atoms with Crippen LogP contribution in [-0.4, -0.2) is 36.1 Å². The van der Waals surface area contributed by atoms with E-state index in [-0.39, 0.29) is 0 Å². The zero-order chi connectivity index (χ0) is 12.0. The van der Waals surface area contributed by atoms with Gasteiger partial charge in [0, 0.05) is 12.7 Å². The molecule has 0 aliphatic heterocycles. The minimum Gasteiger partial charge on any atom is -0.475 e. The number of likely N-dealkylation sites (N-methyl/N-ethyl adjacent to an activating group) is 1. The third kappa shape index (κ3) is 3.87. The molecule has 0 aliphatic carbocycles. The number of hydrogen-bond acceptors (Lipinski definition) is 4. The lowest BCUT2D eigenvalue weighted by atomic mass is 10.4. The Morgan fingerprint density at radius 1 is 1.44 bits per heavy atom. The summed E-state index contributed by atoms with van der Waals surface area (Å²) in [5.41, 5.74) is 6.20. The minimum absolute atomic E-state index is 0.455. The molecule has 1 rings (SSSR count). The lowest BCUT2D eigenvalue weighted by Crippen LogP contribution is -2.28. The molecule has 1 aromatic rings. The molecule has 0 atom stereocenters. The van der Waals surface area contributed by atoms with Gasteiger partial charge in [0.05, 0.1) is 10.7 Å². The monoisotopic (exact) mass is 243 g/mol. The first-order valence-electron chi connectivity index (χ1n) is 5.43. The van der Waals surface area contributed by atoms with Crippen molar-refractivity contribution in [1.82, 2.24) is 9.88 Å². The molecular formula is C11H18ClN3O. The van der Waals surface area contributed by atoms with E-state index in [0.717, 1.165) is 19.6 Å². The van der Waals surface area contributed by atoms with E-state index < -0.39 is 0 Å². The average molecular weight is 244 g/mol. The maximum Gasteiger partial charge on any atom is 0.237 e. The van der Waals surface area contributed by atoms with Crippen LogP contribution in [0.25, 0.3) is 0 Å². The normalized spacial score (nSPS) is 10.8. The maximum atomic E-state index is 5.74. The number of nitrogen functional groups attached to an aromatic ring is 1. The Morgan fingerprint density at radius 2 is 2.12 bits per heavy atom. The van der Waals surface area contributed by atoms with Crippen LogP contribution in [0.1, 0.15) is 13.8 Å². The molecule has 0 unspecified atom stereocenters. The molecule has 0 bridgehead atoms. The van der Waals surface area contributed by atoms with E-state index in [9.17, 15) is 0 Å². The molecule has 5 heteroatoms. The SMILES string of the molecule is CCN(CC)CCOc1ncc(Cl)cc1N. The zero-order valence-electron chi connectivity index (χ0n) is 9.74. The van der Waals surface area contributed by atoms with Crippen molar-refractivity contribution >= 4 is 17.3 Å². The number of aromatic nitrogens is 1. The Kier molecular flexibility index (Phi) is 5.35. The molecule has 0 spiro atoms. The number of ether oxygens (including phenoxy) is 1. The molecule has 1 heterocycles. The second kappa shape index (κ2) is 6.55. The van der Waals surface area contributed by atoms with Gasteiger partial charge in [-0.2, -0.15) is 0 Å². The smallest absolute Gasteiger partial charge is 0.237 e. The molecule has 1 aromatic heterocycles. The third-order valence-electron chi connectivity index (χ3n) is 2.39. The van der Waals surface area contributed by atoms with Crippen LogP contribution >= 0.6 is 11.6 Å². The van der Waals surface area contributed by atoms with Gasteiger partial charge in [-0.25, -0.2) is 4.98 Å². The van der Waals surface area contributed by atoms with E-state index >= 15 is 0 Å². The molecule has 16 heavy (non-hydrogen) atoms. The highest BCUT2D eigenvalue weighted by Gasteiger charge is 2.04. The molecule has 0 fully saturated rings. The fourth-order valence-corrected chi connectivity index (χ4v) is 1.54. The highest BCUT2D eigenvalue weighted by Crippen LogP contribution is 2.21. The van der Waals surface area contributed by atoms with Crippen molar-refractivity contribution in [3.05, 3.63) is 17.3 Å². The van der Waals surface area contributed by atoms with Crippen LogP contribution in [0, 0.1) is 0 Å². The van der Waals surface area contributed by atoms with Gasteiger partial charge in [-0.1, -0.05) is 25.4 Å². The molecule has 4 nitrogen and oxygen atoms in total. The van der Waals surface area contributed by atoms with Crippen molar-refractivity contribution in [3.8, 4) is 5.88 Å². The summed E-state index contributed by atoms with van der Waals surface area (Å²) >= 11 is 5.74. The van der Waals surface area contributed by atoms with Crippen LogP contribution in [0.4, 0.5) is 5.69 Å². The fourth-order valence-electron chi connectivity index (χ4n) is 1.37. The van der Waals surface area contributed by atoms with Crippen molar-refractivity contribution < 1.29 is 4.74 Å². The Labute approximate surface area is 101 Å². The summed E-state index contributed by atoms with van der Waals surface area (Å²) in [6, 6.07) is 1.64. The first-order valence-corrected chi connectivity index (χ1v) is 5.81. The summed E-state index contributed by atoms with van der Waals surface area (Å²) in [7, 11) is 0. The Bertz CT molecular complexity index is 329. The quantitative estimate of drug-likeness (QED) is 0.831. The first-order chi connectivity index (χ1) is 7.67. The zero-order valence-corrected chi connectivity index (χ0v) is 10.5. The van der Waals surface area contributed by atoms with E-state index in [1.165, 1.54) is 6.20 Å². The third-order valence-corrected chi connectivity index (χ3v) is 2.59. The highest BCUT2D eigenvalue weighted by molar-refractivity contribution is 6.30. The topological polar surface area (TPSA) is 51.4 Å². The van der Waals surface area contributed by atoms with E-state index in [0.29, 0.717) is 23.2 Å². The first kappa shape index (κ1) is 13.1. The standard InChI is InChI=1S/C11H18ClN3O/c1-3-15(4-2)5-6-16-11-10(13)7-9(12)8-14-11/h7-8H,3-6,13H2,1-2H3. The summed E-state index contributed by atoms with van der Waals surface area (Å²) in [6.45, 7) is 7.74. The van der Waals surface area contributed by atoms with Gasteiger partial charge in [0.25, 0.3) is 0 Å². The summed E-state index contributed by atoms with van der Waals surface area (Å²) < 4.78 is 5.49. The molecule has 0 aliphatic rings. The van der Waals surface area contributed by atoms with Crippen LogP contribution in [0.2, 0.25) is 5.02 Å². The second-order valence-corrected chi connectivity index (χ2v) is 3.86.